The molecule has 0 aromatic heterocycles. The maximum atomic E-state index is 13.3. The molecule has 0 aliphatic heterocycles. The highest BCUT2D eigenvalue weighted by atomic mass is 127. The maximum Gasteiger partial charge on any atom is 0.242 e. The zero-order chi connectivity index (χ0) is 68.8. The molecule has 4 amide bonds. The van der Waals surface area contributed by atoms with Gasteiger partial charge in [-0.05, 0) is 177 Å². The fraction of sp³-hybridized carbons (Fsp3) is 0.775. The van der Waals surface area contributed by atoms with E-state index in [0.29, 0.717) is 38.8 Å². The van der Waals surface area contributed by atoms with Crippen LogP contribution in [0.15, 0.2) is 36.4 Å². The van der Waals surface area contributed by atoms with Crippen LogP contribution in [0.2, 0.25) is 0 Å². The summed E-state index contributed by atoms with van der Waals surface area (Å²) in [7, 11) is 0. The van der Waals surface area contributed by atoms with Crippen LogP contribution in [0.5, 0.6) is 11.5 Å². The van der Waals surface area contributed by atoms with E-state index in [0.717, 1.165) is 89.6 Å². The first-order chi connectivity index (χ1) is 45.8. The van der Waals surface area contributed by atoms with Crippen molar-refractivity contribution in [3.8, 4) is 11.5 Å². The minimum absolute atomic E-state index is 0.0467. The number of phenols is 2. The molecular formula is C80H138I4N4O6. The van der Waals surface area contributed by atoms with Crippen LogP contribution in [0.3, 0.4) is 0 Å². The molecule has 94 heavy (non-hydrogen) atoms. The van der Waals surface area contributed by atoms with Crippen molar-refractivity contribution >= 4 is 114 Å². The second-order valence-corrected chi connectivity index (χ2v) is 31.8. The molecule has 0 fully saturated rings. The molecule has 0 saturated heterocycles. The molecule has 10 nitrogen and oxygen atoms in total. The SMILES string of the molecule is CCCCCCCC/C=C/CCCCCCCC(=O)NC(Cc1cc(I)c(O)c(I)c1)C(=O)NCCCCCCCCCCCCCCCC.CCCCCCCCCCCCCCNC(=O)C(Cc1cc(I)c(O)c(I)c1)NC(=O)CCCCCCCCCCCCC. The number of aromatic hydroxyl groups is 2. The van der Waals surface area contributed by atoms with Gasteiger partial charge in [0.25, 0.3) is 0 Å². The van der Waals surface area contributed by atoms with Crippen molar-refractivity contribution in [2.75, 3.05) is 13.1 Å². The third-order valence-electron chi connectivity index (χ3n) is 18.2. The van der Waals surface area contributed by atoms with Crippen LogP contribution in [-0.2, 0) is 32.0 Å². The number of phenolic OH excluding ortho intramolecular Hbond substituents is 2. The van der Waals surface area contributed by atoms with Gasteiger partial charge in [0.05, 0.1) is 14.3 Å². The number of amides is 4. The molecule has 2 aromatic carbocycles. The van der Waals surface area contributed by atoms with Gasteiger partial charge in [0.15, 0.2) is 0 Å². The number of carbonyl (C=O) groups is 4. The number of nitrogens with one attached hydrogen (secondary N) is 4. The van der Waals surface area contributed by atoms with Crippen molar-refractivity contribution in [3.05, 3.63) is 61.8 Å². The van der Waals surface area contributed by atoms with Crippen molar-refractivity contribution in [2.45, 2.75) is 387 Å². The largest absolute Gasteiger partial charge is 0.506 e. The molecule has 542 valence electrons. The average Bonchev–Trinajstić information content (AvgIpc) is 1.21. The molecule has 0 aliphatic carbocycles. The number of unbranched alkanes of at least 4 members (excludes halogenated alkanes) is 45. The van der Waals surface area contributed by atoms with Crippen molar-refractivity contribution in [1.29, 1.82) is 0 Å². The summed E-state index contributed by atoms with van der Waals surface area (Å²) in [5.41, 5.74) is 1.88. The van der Waals surface area contributed by atoms with E-state index in [9.17, 15) is 29.4 Å². The molecule has 14 heteroatoms. The van der Waals surface area contributed by atoms with Crippen LogP contribution in [0.25, 0.3) is 0 Å². The second-order valence-electron chi connectivity index (χ2n) is 27.2. The van der Waals surface area contributed by atoms with E-state index >= 15 is 0 Å². The van der Waals surface area contributed by atoms with Gasteiger partial charge in [-0.2, -0.15) is 0 Å². The van der Waals surface area contributed by atoms with Gasteiger partial charge < -0.3 is 31.5 Å². The third-order valence-corrected chi connectivity index (χ3v) is 21.5. The number of rotatable bonds is 63. The molecule has 0 heterocycles. The third kappa shape index (κ3) is 53.5. The van der Waals surface area contributed by atoms with Crippen LogP contribution in [0.1, 0.15) is 373 Å². The summed E-state index contributed by atoms with van der Waals surface area (Å²) in [5, 5.41) is 32.7. The Morgan fingerprint density at radius 2 is 0.543 bits per heavy atom. The van der Waals surface area contributed by atoms with E-state index in [1.54, 1.807) is 0 Å². The second kappa shape index (κ2) is 66.1. The minimum Gasteiger partial charge on any atom is -0.506 e. The summed E-state index contributed by atoms with van der Waals surface area (Å²) in [5.74, 6) is 0.205. The number of hydrogen-bond donors (Lipinski definition) is 6. The molecule has 2 unspecified atom stereocenters. The average molecular weight is 1760 g/mol. The molecule has 0 aliphatic rings. The Labute approximate surface area is 631 Å². The highest BCUT2D eigenvalue weighted by molar-refractivity contribution is 14.1. The zero-order valence-electron chi connectivity index (χ0n) is 60.3. The van der Waals surface area contributed by atoms with Gasteiger partial charge in [0.2, 0.25) is 23.6 Å². The Balaban J connectivity index is 0.000000948. The molecular weight excluding hydrogens is 1620 g/mol. The van der Waals surface area contributed by atoms with Gasteiger partial charge in [-0.1, -0.05) is 310 Å². The van der Waals surface area contributed by atoms with Crippen LogP contribution in [0.4, 0.5) is 0 Å². The Hall–Kier alpha value is -1.42. The van der Waals surface area contributed by atoms with Crippen molar-refractivity contribution in [1.82, 2.24) is 21.3 Å². The van der Waals surface area contributed by atoms with E-state index in [1.165, 1.54) is 257 Å². The van der Waals surface area contributed by atoms with Gasteiger partial charge in [0.1, 0.15) is 23.6 Å². The van der Waals surface area contributed by atoms with E-state index in [2.05, 4.69) is 151 Å². The van der Waals surface area contributed by atoms with E-state index < -0.39 is 12.1 Å². The maximum absolute atomic E-state index is 13.3. The summed E-state index contributed by atoms with van der Waals surface area (Å²) in [6.45, 7) is 10.3. The topological polar surface area (TPSA) is 157 Å². The summed E-state index contributed by atoms with van der Waals surface area (Å²) >= 11 is 8.47. The number of carbonyl (C=O) groups excluding carboxylic acids is 4. The van der Waals surface area contributed by atoms with Gasteiger partial charge in [-0.25, -0.2) is 0 Å². The number of benzene rings is 2. The standard InChI is InChI=1S/C43H74I2N2O3.C37H64I2N2O3/c1-3-5-7-9-11-13-15-17-19-20-22-24-26-28-30-32-41(48)47-40(36-37-34-38(44)42(49)39(45)35-37)43(50)46-33-31-29-27-25-23-21-18-16-14-12-10-8-6-4-2;1-3-5-7-9-11-13-15-17-19-21-23-25-27-40-37(44)34(30-31-28-32(38)36(43)33(39)29-31)41-35(42)26-24-22-20-18-16-14-12-10-8-6-4-2/h17,19,34-35,40,49H,3-16,18,20-33,36H2,1-2H3,(H,46,50)(H,47,48);28-29,34,43H,3-27,30H2,1-2H3,(H,40,44)(H,41,42)/b19-17+;. The molecule has 0 radical (unpaired) electrons. The fourth-order valence-electron chi connectivity index (χ4n) is 12.2. The molecule has 0 bridgehead atoms. The predicted octanol–water partition coefficient (Wildman–Crippen LogP) is 24.4. The van der Waals surface area contributed by atoms with Crippen LogP contribution in [0, 0.1) is 14.3 Å². The summed E-state index contributed by atoms with van der Waals surface area (Å²) < 4.78 is 3.02. The van der Waals surface area contributed by atoms with Gasteiger partial charge in [-0.3, -0.25) is 19.2 Å². The molecule has 6 N–H and O–H groups in total. The molecule has 2 rings (SSSR count). The predicted molar refractivity (Wildman–Crippen MR) is 436 cm³/mol. The molecule has 2 atom stereocenters. The molecule has 0 spiro atoms. The smallest absolute Gasteiger partial charge is 0.242 e. The van der Waals surface area contributed by atoms with Crippen LogP contribution < -0.4 is 21.3 Å². The Morgan fingerprint density at radius 3 is 0.787 bits per heavy atom. The number of hydrogen-bond acceptors (Lipinski definition) is 6. The van der Waals surface area contributed by atoms with Crippen molar-refractivity contribution in [2.24, 2.45) is 0 Å². The summed E-state index contributed by atoms with van der Waals surface area (Å²) in [6.07, 6.45) is 69.9. The molecule has 2 aromatic rings. The van der Waals surface area contributed by atoms with E-state index in [-0.39, 0.29) is 35.1 Å². The van der Waals surface area contributed by atoms with Gasteiger partial charge in [-0.15, -0.1) is 0 Å². The van der Waals surface area contributed by atoms with Gasteiger partial charge in [0, 0.05) is 38.8 Å². The lowest BCUT2D eigenvalue weighted by molar-refractivity contribution is -0.129. The first-order valence-electron chi connectivity index (χ1n) is 38.9. The first kappa shape index (κ1) is 90.6. The summed E-state index contributed by atoms with van der Waals surface area (Å²) in [6, 6.07) is 6.39. The first-order valence-corrected chi connectivity index (χ1v) is 43.2. The summed E-state index contributed by atoms with van der Waals surface area (Å²) in [4.78, 5) is 52.3. The van der Waals surface area contributed by atoms with Crippen molar-refractivity contribution < 1.29 is 29.4 Å². The normalized spacial score (nSPS) is 12.0. The highest BCUT2D eigenvalue weighted by Crippen LogP contribution is 2.30. The van der Waals surface area contributed by atoms with Crippen LogP contribution >= 0.6 is 90.4 Å². The fourth-order valence-corrected chi connectivity index (χ4v) is 16.0. The quantitative estimate of drug-likeness (QED) is 0.0220. The van der Waals surface area contributed by atoms with E-state index in [4.69, 9.17) is 0 Å². The lowest BCUT2D eigenvalue weighted by Crippen LogP contribution is -2.48. The minimum atomic E-state index is -0.617. The monoisotopic (exact) mass is 1760 g/mol. The van der Waals surface area contributed by atoms with Crippen molar-refractivity contribution in [3.63, 3.8) is 0 Å². The number of allylic oxidation sites excluding steroid dienone is 2. The lowest BCUT2D eigenvalue weighted by Gasteiger charge is -2.19. The highest BCUT2D eigenvalue weighted by Gasteiger charge is 2.24. The lowest BCUT2D eigenvalue weighted by atomic mass is 10.0. The number of halogens is 4. The van der Waals surface area contributed by atoms with Crippen LogP contribution in [-0.4, -0.2) is 59.0 Å². The Morgan fingerprint density at radius 1 is 0.330 bits per heavy atom. The molecule has 0 saturated carbocycles. The van der Waals surface area contributed by atoms with Gasteiger partial charge >= 0.3 is 0 Å². The van der Waals surface area contributed by atoms with E-state index in [1.807, 2.05) is 24.3 Å². The Bertz CT molecular complexity index is 2150. The zero-order valence-corrected chi connectivity index (χ0v) is 68.9. The Kier molecular flexibility index (Phi) is 63.7.